The zero-order chi connectivity index (χ0) is 15.4. The van der Waals surface area contributed by atoms with Crippen molar-refractivity contribution < 1.29 is 19.1 Å². The Kier molecular flexibility index (Phi) is 4.73. The quantitative estimate of drug-likeness (QED) is 0.838. The van der Waals surface area contributed by atoms with E-state index in [2.05, 4.69) is 5.32 Å². The lowest BCUT2D eigenvalue weighted by atomic mass is 9.82. The molecular formula is C16H18FNO3. The molecule has 2 N–H and O–H groups in total. The van der Waals surface area contributed by atoms with E-state index in [4.69, 9.17) is 0 Å². The first kappa shape index (κ1) is 15.2. The van der Waals surface area contributed by atoms with Crippen LogP contribution >= 0.6 is 0 Å². The number of hydrogen-bond donors (Lipinski definition) is 2. The van der Waals surface area contributed by atoms with Gasteiger partial charge in [-0.25, -0.2) is 4.39 Å². The predicted octanol–water partition coefficient (Wildman–Crippen LogP) is 2.67. The van der Waals surface area contributed by atoms with E-state index in [0.717, 1.165) is 0 Å². The molecule has 4 nitrogen and oxygen atoms in total. The summed E-state index contributed by atoms with van der Waals surface area (Å²) in [5, 5.41) is 11.9. The molecule has 0 aromatic heterocycles. The predicted molar refractivity (Wildman–Crippen MR) is 75.9 cm³/mol. The number of halogens is 1. The van der Waals surface area contributed by atoms with Crippen LogP contribution in [0.1, 0.15) is 31.4 Å². The topological polar surface area (TPSA) is 66.4 Å². The van der Waals surface area contributed by atoms with Crippen molar-refractivity contribution in [2.45, 2.75) is 25.8 Å². The molecule has 3 atom stereocenters. The molecule has 1 aliphatic carbocycles. The van der Waals surface area contributed by atoms with Gasteiger partial charge in [-0.05, 0) is 25.8 Å². The molecule has 112 valence electrons. The number of benzene rings is 1. The summed E-state index contributed by atoms with van der Waals surface area (Å²) >= 11 is 0. The summed E-state index contributed by atoms with van der Waals surface area (Å²) in [4.78, 5) is 23.5. The van der Waals surface area contributed by atoms with E-state index < -0.39 is 23.8 Å². The van der Waals surface area contributed by atoms with Gasteiger partial charge in [-0.2, -0.15) is 0 Å². The fourth-order valence-electron chi connectivity index (χ4n) is 2.60. The Morgan fingerprint density at radius 2 is 1.86 bits per heavy atom. The van der Waals surface area contributed by atoms with Gasteiger partial charge in [-0.15, -0.1) is 0 Å². The smallest absolute Gasteiger partial charge is 0.307 e. The summed E-state index contributed by atoms with van der Waals surface area (Å²) in [6, 6.07) is 5.72. The molecule has 0 heterocycles. The Bertz CT molecular complexity index is 570. The van der Waals surface area contributed by atoms with E-state index in [9.17, 15) is 19.1 Å². The standard InChI is InChI=1S/C16H18FNO3/c1-10(11-6-4-5-9-14(11)17)18-15(19)12-7-2-3-8-13(12)16(20)21/h2-6,9-10,12-13H,7-8H2,1H3,(H,18,19)(H,20,21)/t10-,12+,13-/m0/s1. The van der Waals surface area contributed by atoms with Gasteiger partial charge in [-0.1, -0.05) is 30.4 Å². The molecule has 2 rings (SSSR count). The van der Waals surface area contributed by atoms with Crippen LogP contribution in [-0.4, -0.2) is 17.0 Å². The third kappa shape index (κ3) is 3.48. The van der Waals surface area contributed by atoms with Crippen LogP contribution in [0.25, 0.3) is 0 Å². The highest BCUT2D eigenvalue weighted by atomic mass is 19.1. The molecule has 0 fully saturated rings. The number of carboxylic acid groups (broad SMARTS) is 1. The number of allylic oxidation sites excluding steroid dienone is 2. The average Bonchev–Trinajstić information content (AvgIpc) is 2.47. The molecule has 1 aromatic carbocycles. The molecule has 0 saturated heterocycles. The highest BCUT2D eigenvalue weighted by Gasteiger charge is 2.34. The summed E-state index contributed by atoms with van der Waals surface area (Å²) in [6.07, 6.45) is 4.34. The summed E-state index contributed by atoms with van der Waals surface area (Å²) in [7, 11) is 0. The van der Waals surface area contributed by atoms with E-state index >= 15 is 0 Å². The number of amides is 1. The third-order valence-electron chi connectivity index (χ3n) is 3.82. The van der Waals surface area contributed by atoms with Crippen molar-refractivity contribution in [1.29, 1.82) is 0 Å². The van der Waals surface area contributed by atoms with Gasteiger partial charge < -0.3 is 10.4 Å². The first-order valence-electron chi connectivity index (χ1n) is 6.93. The largest absolute Gasteiger partial charge is 0.481 e. The lowest BCUT2D eigenvalue weighted by molar-refractivity contribution is -0.147. The van der Waals surface area contributed by atoms with Crippen LogP contribution in [0.2, 0.25) is 0 Å². The number of carbonyl (C=O) groups excluding carboxylic acids is 1. The van der Waals surface area contributed by atoms with Gasteiger partial charge in [0, 0.05) is 5.56 Å². The molecule has 0 unspecified atom stereocenters. The zero-order valence-electron chi connectivity index (χ0n) is 11.8. The maximum absolute atomic E-state index is 13.7. The first-order valence-corrected chi connectivity index (χ1v) is 6.93. The van der Waals surface area contributed by atoms with Crippen molar-refractivity contribution in [2.24, 2.45) is 11.8 Å². The van der Waals surface area contributed by atoms with Crippen LogP contribution < -0.4 is 5.32 Å². The number of hydrogen-bond acceptors (Lipinski definition) is 2. The highest BCUT2D eigenvalue weighted by Crippen LogP contribution is 2.27. The van der Waals surface area contributed by atoms with E-state index in [1.54, 1.807) is 31.2 Å². The van der Waals surface area contributed by atoms with Crippen LogP contribution in [0.15, 0.2) is 36.4 Å². The van der Waals surface area contributed by atoms with Crippen molar-refractivity contribution in [3.8, 4) is 0 Å². The molecule has 0 bridgehead atoms. The monoisotopic (exact) mass is 291 g/mol. The molecule has 0 aliphatic heterocycles. The molecule has 5 heteroatoms. The van der Waals surface area contributed by atoms with Crippen LogP contribution in [0, 0.1) is 17.7 Å². The lowest BCUT2D eigenvalue weighted by Crippen LogP contribution is -2.39. The van der Waals surface area contributed by atoms with Gasteiger partial charge in [0.05, 0.1) is 17.9 Å². The summed E-state index contributed by atoms with van der Waals surface area (Å²) in [5.74, 6) is -3.03. The normalized spacial score (nSPS) is 22.6. The molecule has 21 heavy (non-hydrogen) atoms. The lowest BCUT2D eigenvalue weighted by Gasteiger charge is -2.26. The van der Waals surface area contributed by atoms with Crippen LogP contribution in [0.5, 0.6) is 0 Å². The number of carbonyl (C=O) groups is 2. The molecule has 1 amide bonds. The van der Waals surface area contributed by atoms with Crippen molar-refractivity contribution >= 4 is 11.9 Å². The van der Waals surface area contributed by atoms with E-state index in [1.807, 2.05) is 6.08 Å². The van der Waals surface area contributed by atoms with Crippen molar-refractivity contribution in [1.82, 2.24) is 5.32 Å². The minimum Gasteiger partial charge on any atom is -0.481 e. The number of nitrogens with one attached hydrogen (secondary N) is 1. The average molecular weight is 291 g/mol. The Balaban J connectivity index is 2.08. The highest BCUT2D eigenvalue weighted by molar-refractivity contribution is 5.85. The van der Waals surface area contributed by atoms with Gasteiger partial charge in [0.1, 0.15) is 5.82 Å². The molecule has 0 saturated carbocycles. The Hall–Kier alpha value is -2.17. The summed E-state index contributed by atoms with van der Waals surface area (Å²) in [5.41, 5.74) is 0.393. The van der Waals surface area contributed by atoms with Crippen LogP contribution in [0.4, 0.5) is 4.39 Å². The number of carboxylic acids is 1. The SMILES string of the molecule is C[C@H](NC(=O)[C@@H]1CC=CC[C@@H]1C(=O)O)c1ccccc1F. The minimum atomic E-state index is -0.974. The zero-order valence-corrected chi connectivity index (χ0v) is 11.8. The van der Waals surface area contributed by atoms with Crippen molar-refractivity contribution in [3.63, 3.8) is 0 Å². The van der Waals surface area contributed by atoms with Gasteiger partial charge in [-0.3, -0.25) is 9.59 Å². The molecule has 0 radical (unpaired) electrons. The van der Waals surface area contributed by atoms with Crippen molar-refractivity contribution in [2.75, 3.05) is 0 Å². The minimum absolute atomic E-state index is 0.345. The van der Waals surface area contributed by atoms with Gasteiger partial charge in [0.15, 0.2) is 0 Å². The number of rotatable bonds is 4. The molecule has 1 aliphatic rings. The Labute approximate surface area is 122 Å². The second-order valence-corrected chi connectivity index (χ2v) is 5.25. The maximum atomic E-state index is 13.7. The van der Waals surface area contributed by atoms with Crippen molar-refractivity contribution in [3.05, 3.63) is 47.8 Å². The summed E-state index contributed by atoms with van der Waals surface area (Å²) in [6.45, 7) is 1.69. The second kappa shape index (κ2) is 6.52. The van der Waals surface area contributed by atoms with E-state index in [1.165, 1.54) is 6.07 Å². The third-order valence-corrected chi connectivity index (χ3v) is 3.82. The molecule has 0 spiro atoms. The van der Waals surface area contributed by atoms with Gasteiger partial charge in [0.2, 0.25) is 5.91 Å². The number of aliphatic carboxylic acids is 1. The Morgan fingerprint density at radius 3 is 2.48 bits per heavy atom. The van der Waals surface area contributed by atoms with Gasteiger partial charge in [0.25, 0.3) is 0 Å². The fraction of sp³-hybridized carbons (Fsp3) is 0.375. The second-order valence-electron chi connectivity index (χ2n) is 5.25. The summed E-state index contributed by atoms with van der Waals surface area (Å²) < 4.78 is 13.7. The first-order chi connectivity index (χ1) is 10.0. The fourth-order valence-corrected chi connectivity index (χ4v) is 2.60. The van der Waals surface area contributed by atoms with E-state index in [0.29, 0.717) is 18.4 Å². The maximum Gasteiger partial charge on any atom is 0.307 e. The van der Waals surface area contributed by atoms with Crippen LogP contribution in [-0.2, 0) is 9.59 Å². The molecule has 1 aromatic rings. The molecular weight excluding hydrogens is 273 g/mol. The van der Waals surface area contributed by atoms with Gasteiger partial charge >= 0.3 is 5.97 Å². The van der Waals surface area contributed by atoms with E-state index in [-0.39, 0.29) is 11.7 Å². The Morgan fingerprint density at radius 1 is 1.24 bits per heavy atom. The van der Waals surface area contributed by atoms with Crippen LogP contribution in [0.3, 0.4) is 0 Å².